The fraction of sp³-hybridized carbons (Fsp3) is 0.364. The third-order valence-electron chi connectivity index (χ3n) is 2.30. The molecule has 0 saturated carbocycles. The second kappa shape index (κ2) is 5.26. The standard InChI is InChI=1S/C11H12F3NO3/c1-17-8-3-6(11(12,13)14)4-9(18-2)10(8)7(16)5-15/h3-4H,5,15H2,1-2H3. The van der Waals surface area contributed by atoms with Gasteiger partial charge < -0.3 is 15.2 Å². The van der Waals surface area contributed by atoms with Crippen molar-refractivity contribution in [3.8, 4) is 11.5 Å². The fourth-order valence-corrected chi connectivity index (χ4v) is 1.45. The van der Waals surface area contributed by atoms with E-state index in [0.717, 1.165) is 12.1 Å². The van der Waals surface area contributed by atoms with Crippen LogP contribution in [0.15, 0.2) is 12.1 Å². The van der Waals surface area contributed by atoms with Gasteiger partial charge in [-0.3, -0.25) is 4.79 Å². The van der Waals surface area contributed by atoms with Crippen LogP contribution in [0.25, 0.3) is 0 Å². The molecule has 0 bridgehead atoms. The summed E-state index contributed by atoms with van der Waals surface area (Å²) in [4.78, 5) is 11.6. The molecule has 0 aliphatic rings. The Balaban J connectivity index is 3.49. The van der Waals surface area contributed by atoms with E-state index in [-0.39, 0.29) is 23.6 Å². The molecule has 0 atom stereocenters. The molecule has 1 rings (SSSR count). The van der Waals surface area contributed by atoms with Gasteiger partial charge in [0.25, 0.3) is 0 Å². The fourth-order valence-electron chi connectivity index (χ4n) is 1.45. The van der Waals surface area contributed by atoms with Gasteiger partial charge in [0.1, 0.15) is 17.1 Å². The van der Waals surface area contributed by atoms with E-state index in [1.54, 1.807) is 0 Å². The Morgan fingerprint density at radius 2 is 1.67 bits per heavy atom. The van der Waals surface area contributed by atoms with E-state index in [9.17, 15) is 18.0 Å². The van der Waals surface area contributed by atoms with Crippen molar-refractivity contribution >= 4 is 5.78 Å². The number of ether oxygens (including phenoxy) is 2. The Labute approximate surface area is 101 Å². The zero-order chi connectivity index (χ0) is 13.9. The quantitative estimate of drug-likeness (QED) is 0.842. The molecule has 1 aromatic carbocycles. The normalized spacial score (nSPS) is 11.2. The minimum absolute atomic E-state index is 0.0875. The molecule has 0 aliphatic heterocycles. The number of methoxy groups -OCH3 is 2. The molecule has 7 heteroatoms. The molecule has 0 fully saturated rings. The maximum absolute atomic E-state index is 12.6. The second-order valence-corrected chi connectivity index (χ2v) is 3.38. The number of alkyl halides is 3. The number of Topliss-reactive ketones (excluding diaryl/α,β-unsaturated/α-hetero) is 1. The van der Waals surface area contributed by atoms with Gasteiger partial charge >= 0.3 is 6.18 Å². The van der Waals surface area contributed by atoms with Crippen LogP contribution in [-0.2, 0) is 6.18 Å². The van der Waals surface area contributed by atoms with E-state index in [1.807, 2.05) is 0 Å². The summed E-state index contributed by atoms with van der Waals surface area (Å²) >= 11 is 0. The zero-order valence-electron chi connectivity index (χ0n) is 9.80. The van der Waals surface area contributed by atoms with Crippen LogP contribution in [0.2, 0.25) is 0 Å². The molecular weight excluding hydrogens is 251 g/mol. The number of nitrogens with two attached hydrogens (primary N) is 1. The highest BCUT2D eigenvalue weighted by Gasteiger charge is 2.33. The third kappa shape index (κ3) is 2.73. The van der Waals surface area contributed by atoms with Gasteiger partial charge in [0.05, 0.1) is 26.3 Å². The van der Waals surface area contributed by atoms with Crippen LogP contribution in [0.3, 0.4) is 0 Å². The highest BCUT2D eigenvalue weighted by Crippen LogP contribution is 2.38. The number of hydrogen-bond acceptors (Lipinski definition) is 4. The van der Waals surface area contributed by atoms with Crippen LogP contribution < -0.4 is 15.2 Å². The van der Waals surface area contributed by atoms with E-state index >= 15 is 0 Å². The van der Waals surface area contributed by atoms with Crippen LogP contribution in [0.5, 0.6) is 11.5 Å². The van der Waals surface area contributed by atoms with E-state index in [0.29, 0.717) is 0 Å². The lowest BCUT2D eigenvalue weighted by Crippen LogP contribution is -2.17. The number of ketones is 1. The number of halogens is 3. The van der Waals surface area contributed by atoms with Gasteiger partial charge in [0, 0.05) is 0 Å². The summed E-state index contributed by atoms with van der Waals surface area (Å²) < 4.78 is 47.4. The summed E-state index contributed by atoms with van der Waals surface area (Å²) in [5.74, 6) is -0.980. The second-order valence-electron chi connectivity index (χ2n) is 3.38. The molecule has 0 unspecified atom stereocenters. The maximum Gasteiger partial charge on any atom is 0.416 e. The number of rotatable bonds is 4. The molecule has 1 aromatic rings. The highest BCUT2D eigenvalue weighted by molar-refractivity contribution is 6.02. The number of carbonyl (C=O) groups excluding carboxylic acids is 1. The summed E-state index contributed by atoms with van der Waals surface area (Å²) in [7, 11) is 2.34. The Morgan fingerprint density at radius 1 is 1.22 bits per heavy atom. The van der Waals surface area contributed by atoms with Crippen molar-refractivity contribution in [3.05, 3.63) is 23.3 Å². The van der Waals surface area contributed by atoms with Crippen LogP contribution in [0.1, 0.15) is 15.9 Å². The molecule has 100 valence electrons. The van der Waals surface area contributed by atoms with Crippen molar-refractivity contribution in [1.82, 2.24) is 0 Å². The monoisotopic (exact) mass is 263 g/mol. The first-order chi connectivity index (χ1) is 8.35. The molecule has 0 spiro atoms. The highest BCUT2D eigenvalue weighted by atomic mass is 19.4. The number of benzene rings is 1. The summed E-state index contributed by atoms with van der Waals surface area (Å²) in [5.41, 5.74) is 4.15. The first-order valence-corrected chi connectivity index (χ1v) is 4.91. The molecule has 18 heavy (non-hydrogen) atoms. The Morgan fingerprint density at radius 3 is 1.94 bits per heavy atom. The van der Waals surface area contributed by atoms with E-state index in [2.05, 4.69) is 0 Å². The molecule has 0 radical (unpaired) electrons. The Bertz CT molecular complexity index is 432. The summed E-state index contributed by atoms with van der Waals surface area (Å²) in [6, 6.07) is 1.48. The Kier molecular flexibility index (Phi) is 4.18. The van der Waals surface area contributed by atoms with Crippen molar-refractivity contribution in [1.29, 1.82) is 0 Å². The molecule has 0 aromatic heterocycles. The van der Waals surface area contributed by atoms with Crippen LogP contribution in [0.4, 0.5) is 13.2 Å². The van der Waals surface area contributed by atoms with Gasteiger partial charge in [-0.1, -0.05) is 0 Å². The molecule has 0 aliphatic carbocycles. The zero-order valence-corrected chi connectivity index (χ0v) is 9.80. The van der Waals surface area contributed by atoms with Gasteiger partial charge in [-0.05, 0) is 12.1 Å². The number of hydrogen-bond donors (Lipinski definition) is 1. The van der Waals surface area contributed by atoms with Gasteiger partial charge in [0.2, 0.25) is 0 Å². The Hall–Kier alpha value is -1.76. The summed E-state index contributed by atoms with van der Waals surface area (Å²) in [5, 5.41) is 0. The minimum Gasteiger partial charge on any atom is -0.496 e. The minimum atomic E-state index is -4.55. The van der Waals surface area contributed by atoms with Crippen molar-refractivity contribution in [2.45, 2.75) is 6.18 Å². The van der Waals surface area contributed by atoms with E-state index < -0.39 is 17.5 Å². The first-order valence-electron chi connectivity index (χ1n) is 4.91. The largest absolute Gasteiger partial charge is 0.496 e. The lowest BCUT2D eigenvalue weighted by Gasteiger charge is -2.15. The predicted octanol–water partition coefficient (Wildman–Crippen LogP) is 1.86. The average Bonchev–Trinajstić information content (AvgIpc) is 2.34. The average molecular weight is 263 g/mol. The van der Waals surface area contributed by atoms with Crippen LogP contribution in [0, 0.1) is 0 Å². The van der Waals surface area contributed by atoms with Crippen LogP contribution >= 0.6 is 0 Å². The molecule has 0 heterocycles. The first kappa shape index (κ1) is 14.3. The molecular formula is C11H12F3NO3. The van der Waals surface area contributed by atoms with Crippen molar-refractivity contribution in [3.63, 3.8) is 0 Å². The van der Waals surface area contributed by atoms with Gasteiger partial charge in [-0.2, -0.15) is 13.2 Å². The molecule has 4 nitrogen and oxygen atoms in total. The molecule has 0 saturated heterocycles. The van der Waals surface area contributed by atoms with Crippen molar-refractivity contribution in [2.24, 2.45) is 5.73 Å². The molecule has 2 N–H and O–H groups in total. The smallest absolute Gasteiger partial charge is 0.416 e. The van der Waals surface area contributed by atoms with Crippen LogP contribution in [-0.4, -0.2) is 26.5 Å². The van der Waals surface area contributed by atoms with Gasteiger partial charge in [0.15, 0.2) is 5.78 Å². The predicted molar refractivity (Wildman–Crippen MR) is 57.9 cm³/mol. The topological polar surface area (TPSA) is 61.5 Å². The lowest BCUT2D eigenvalue weighted by atomic mass is 10.0. The summed E-state index contributed by atoms with van der Waals surface area (Å²) in [6.45, 7) is -0.349. The van der Waals surface area contributed by atoms with E-state index in [1.165, 1.54) is 14.2 Å². The van der Waals surface area contributed by atoms with Crippen molar-refractivity contribution < 1.29 is 27.4 Å². The van der Waals surface area contributed by atoms with Gasteiger partial charge in [-0.25, -0.2) is 0 Å². The van der Waals surface area contributed by atoms with Crippen molar-refractivity contribution in [2.75, 3.05) is 20.8 Å². The third-order valence-corrected chi connectivity index (χ3v) is 2.30. The maximum atomic E-state index is 12.6. The lowest BCUT2D eigenvalue weighted by molar-refractivity contribution is -0.137. The van der Waals surface area contributed by atoms with E-state index in [4.69, 9.17) is 15.2 Å². The SMILES string of the molecule is COc1cc(C(F)(F)F)cc(OC)c1C(=O)CN. The summed E-state index contributed by atoms with van der Waals surface area (Å²) in [6.07, 6.45) is -4.55. The van der Waals surface area contributed by atoms with Gasteiger partial charge in [-0.15, -0.1) is 0 Å². The molecule has 0 amide bonds. The number of carbonyl (C=O) groups is 1.